The lowest BCUT2D eigenvalue weighted by atomic mass is 10.1. The highest BCUT2D eigenvalue weighted by atomic mass is 79.9. The third-order valence-electron chi connectivity index (χ3n) is 3.17. The van der Waals surface area contributed by atoms with Crippen LogP contribution in [-0.2, 0) is 0 Å². The molecule has 19 heavy (non-hydrogen) atoms. The zero-order valence-corrected chi connectivity index (χ0v) is 13.0. The van der Waals surface area contributed by atoms with Crippen molar-refractivity contribution >= 4 is 32.7 Å². The van der Waals surface area contributed by atoms with Gasteiger partial charge in [0.05, 0.1) is 11.1 Å². The molecule has 0 aliphatic heterocycles. The summed E-state index contributed by atoms with van der Waals surface area (Å²) in [6, 6.07) is 5.84. The predicted octanol–water partition coefficient (Wildman–Crippen LogP) is 4.19. The van der Waals surface area contributed by atoms with E-state index in [0.717, 1.165) is 46.9 Å². The van der Waals surface area contributed by atoms with Crippen molar-refractivity contribution in [3.63, 3.8) is 0 Å². The molecule has 102 valence electrons. The first kappa shape index (κ1) is 14.1. The highest BCUT2D eigenvalue weighted by Crippen LogP contribution is 2.26. The topological polar surface area (TPSA) is 36.1 Å². The summed E-state index contributed by atoms with van der Waals surface area (Å²) in [5.41, 5.74) is 1.67. The second kappa shape index (κ2) is 6.24. The van der Waals surface area contributed by atoms with Crippen molar-refractivity contribution in [3.8, 4) is 0 Å². The molecule has 1 N–H and O–H groups in total. The van der Waals surface area contributed by atoms with Crippen molar-refractivity contribution in [3.05, 3.63) is 34.4 Å². The molecule has 0 aliphatic rings. The molecule has 3 nitrogen and oxygen atoms in total. The minimum absolute atomic E-state index is 0.114. The molecule has 0 radical (unpaired) electrons. The number of para-hydroxylation sites is 1. The van der Waals surface area contributed by atoms with Crippen molar-refractivity contribution in [2.75, 3.05) is 13.1 Å². The van der Waals surface area contributed by atoms with Crippen molar-refractivity contribution in [1.82, 2.24) is 9.88 Å². The Morgan fingerprint density at radius 3 is 2.58 bits per heavy atom. The molecular weight excluding hydrogens is 304 g/mol. The van der Waals surface area contributed by atoms with Gasteiger partial charge in [0, 0.05) is 29.1 Å². The molecule has 0 fully saturated rings. The SMILES string of the molecule is CCCN(CCC)C(=O)c1cccc2c(Br)c[nH]c12. The molecule has 0 aliphatic carbocycles. The lowest BCUT2D eigenvalue weighted by molar-refractivity contribution is 0.0757. The van der Waals surface area contributed by atoms with E-state index >= 15 is 0 Å². The number of amides is 1. The van der Waals surface area contributed by atoms with E-state index in [4.69, 9.17) is 0 Å². The van der Waals surface area contributed by atoms with Crippen molar-refractivity contribution in [2.45, 2.75) is 26.7 Å². The minimum atomic E-state index is 0.114. The second-order valence-electron chi connectivity index (χ2n) is 4.66. The standard InChI is InChI=1S/C15H19BrN2O/c1-3-8-18(9-4-2)15(19)12-7-5-6-11-13(16)10-17-14(11)12/h5-7,10,17H,3-4,8-9H2,1-2H3. The summed E-state index contributed by atoms with van der Waals surface area (Å²) in [7, 11) is 0. The second-order valence-corrected chi connectivity index (χ2v) is 5.51. The van der Waals surface area contributed by atoms with Crippen LogP contribution >= 0.6 is 15.9 Å². The number of halogens is 1. The number of nitrogens with one attached hydrogen (secondary N) is 1. The lowest BCUT2D eigenvalue weighted by Crippen LogP contribution is -2.32. The van der Waals surface area contributed by atoms with Crippen LogP contribution < -0.4 is 0 Å². The van der Waals surface area contributed by atoms with Crippen LogP contribution in [0.5, 0.6) is 0 Å². The number of nitrogens with zero attached hydrogens (tertiary/aromatic N) is 1. The maximum Gasteiger partial charge on any atom is 0.255 e. The minimum Gasteiger partial charge on any atom is -0.359 e. The van der Waals surface area contributed by atoms with Gasteiger partial charge in [-0.2, -0.15) is 0 Å². The zero-order valence-electron chi connectivity index (χ0n) is 11.4. The molecule has 0 atom stereocenters. The van der Waals surface area contributed by atoms with Gasteiger partial charge in [-0.1, -0.05) is 26.0 Å². The third kappa shape index (κ3) is 2.84. The van der Waals surface area contributed by atoms with Gasteiger partial charge >= 0.3 is 0 Å². The number of hydrogen-bond donors (Lipinski definition) is 1. The fraction of sp³-hybridized carbons (Fsp3) is 0.400. The Kier molecular flexibility index (Phi) is 4.64. The van der Waals surface area contributed by atoms with E-state index in [1.54, 1.807) is 0 Å². The maximum atomic E-state index is 12.6. The molecule has 0 saturated carbocycles. The number of benzene rings is 1. The number of carbonyl (C=O) groups excluding carboxylic acids is 1. The van der Waals surface area contributed by atoms with E-state index in [9.17, 15) is 4.79 Å². The van der Waals surface area contributed by atoms with Crippen LogP contribution in [-0.4, -0.2) is 28.9 Å². The molecule has 0 bridgehead atoms. The van der Waals surface area contributed by atoms with E-state index in [2.05, 4.69) is 34.8 Å². The summed E-state index contributed by atoms with van der Waals surface area (Å²) in [6.07, 6.45) is 3.84. The van der Waals surface area contributed by atoms with Gasteiger partial charge in [-0.15, -0.1) is 0 Å². The molecule has 4 heteroatoms. The number of carbonyl (C=O) groups is 1. The van der Waals surface area contributed by atoms with Gasteiger partial charge in [0.1, 0.15) is 0 Å². The Morgan fingerprint density at radius 2 is 1.95 bits per heavy atom. The molecule has 0 unspecified atom stereocenters. The first-order valence-electron chi connectivity index (χ1n) is 6.73. The van der Waals surface area contributed by atoms with E-state index in [1.165, 1.54) is 0 Å². The van der Waals surface area contributed by atoms with Crippen LogP contribution in [0.15, 0.2) is 28.9 Å². The summed E-state index contributed by atoms with van der Waals surface area (Å²) in [6.45, 7) is 5.82. The zero-order chi connectivity index (χ0) is 13.8. The number of hydrogen-bond acceptors (Lipinski definition) is 1. The molecular formula is C15H19BrN2O. The van der Waals surface area contributed by atoms with Gasteiger partial charge in [-0.25, -0.2) is 0 Å². The number of rotatable bonds is 5. The van der Waals surface area contributed by atoms with Crippen LogP contribution in [0, 0.1) is 0 Å². The van der Waals surface area contributed by atoms with E-state index in [1.807, 2.05) is 29.3 Å². The molecule has 1 heterocycles. The fourth-order valence-electron chi connectivity index (χ4n) is 2.32. The van der Waals surface area contributed by atoms with E-state index < -0.39 is 0 Å². The smallest absolute Gasteiger partial charge is 0.255 e. The summed E-state index contributed by atoms with van der Waals surface area (Å²) < 4.78 is 0.995. The van der Waals surface area contributed by atoms with E-state index in [-0.39, 0.29) is 5.91 Å². The summed E-state index contributed by atoms with van der Waals surface area (Å²) in [5.74, 6) is 0.114. The molecule has 1 amide bonds. The van der Waals surface area contributed by atoms with Crippen LogP contribution in [0.25, 0.3) is 10.9 Å². The van der Waals surface area contributed by atoms with Crippen molar-refractivity contribution < 1.29 is 4.79 Å². The fourth-order valence-corrected chi connectivity index (χ4v) is 2.77. The van der Waals surface area contributed by atoms with Crippen molar-refractivity contribution in [1.29, 1.82) is 0 Å². The Bertz CT molecular complexity index is 571. The first-order valence-corrected chi connectivity index (χ1v) is 7.53. The number of H-pyrrole nitrogens is 1. The lowest BCUT2D eigenvalue weighted by Gasteiger charge is -2.21. The Balaban J connectivity index is 2.39. The average Bonchev–Trinajstić information content (AvgIpc) is 2.80. The largest absolute Gasteiger partial charge is 0.359 e. The molecule has 2 aromatic rings. The normalized spacial score (nSPS) is 10.9. The van der Waals surface area contributed by atoms with Crippen molar-refractivity contribution in [2.24, 2.45) is 0 Å². The molecule has 0 saturated heterocycles. The summed E-state index contributed by atoms with van der Waals surface area (Å²) in [5, 5.41) is 1.05. The average molecular weight is 323 g/mol. The monoisotopic (exact) mass is 322 g/mol. The first-order chi connectivity index (χ1) is 9.19. The Morgan fingerprint density at radius 1 is 1.26 bits per heavy atom. The maximum absolute atomic E-state index is 12.6. The van der Waals surface area contributed by atoms with Gasteiger partial charge < -0.3 is 9.88 Å². The molecule has 1 aromatic heterocycles. The summed E-state index contributed by atoms with van der Waals surface area (Å²) >= 11 is 3.49. The van der Waals surface area contributed by atoms with Crippen LogP contribution in [0.3, 0.4) is 0 Å². The van der Waals surface area contributed by atoms with Crippen LogP contribution in [0.1, 0.15) is 37.0 Å². The van der Waals surface area contributed by atoms with Gasteiger partial charge in [-0.05, 0) is 34.8 Å². The Labute approximate surface area is 122 Å². The molecule has 1 aromatic carbocycles. The highest BCUT2D eigenvalue weighted by molar-refractivity contribution is 9.10. The van der Waals surface area contributed by atoms with Gasteiger partial charge in [0.25, 0.3) is 5.91 Å². The van der Waals surface area contributed by atoms with Gasteiger partial charge in [0.2, 0.25) is 0 Å². The van der Waals surface area contributed by atoms with Gasteiger partial charge in [0.15, 0.2) is 0 Å². The number of aromatic nitrogens is 1. The predicted molar refractivity (Wildman–Crippen MR) is 82.5 cm³/mol. The van der Waals surface area contributed by atoms with Gasteiger partial charge in [-0.3, -0.25) is 4.79 Å². The third-order valence-corrected chi connectivity index (χ3v) is 3.83. The Hall–Kier alpha value is -1.29. The number of aromatic amines is 1. The summed E-state index contributed by atoms with van der Waals surface area (Å²) in [4.78, 5) is 17.8. The van der Waals surface area contributed by atoms with E-state index in [0.29, 0.717) is 0 Å². The van der Waals surface area contributed by atoms with Crippen LogP contribution in [0.2, 0.25) is 0 Å². The molecule has 2 rings (SSSR count). The number of fused-ring (bicyclic) bond motifs is 1. The quantitative estimate of drug-likeness (QED) is 0.880. The highest BCUT2D eigenvalue weighted by Gasteiger charge is 2.18. The van der Waals surface area contributed by atoms with Crippen LogP contribution in [0.4, 0.5) is 0 Å². The molecule has 0 spiro atoms.